The Labute approximate surface area is 168 Å². The first kappa shape index (κ1) is 18.4. The fourth-order valence-electron chi connectivity index (χ4n) is 3.06. The normalized spacial score (nSPS) is 11.1. The van der Waals surface area contributed by atoms with Crippen molar-refractivity contribution in [1.82, 2.24) is 15.6 Å². The van der Waals surface area contributed by atoms with Crippen LogP contribution < -0.4 is 10.2 Å². The second-order valence-electron chi connectivity index (χ2n) is 6.39. The molecule has 4 aromatic rings. The Hall–Kier alpha value is -3.93. The monoisotopic (exact) mass is 384 g/mol. The minimum Gasteiger partial charge on any atom is -0.494 e. The van der Waals surface area contributed by atoms with Gasteiger partial charge in [0.25, 0.3) is 5.91 Å². The van der Waals surface area contributed by atoms with E-state index in [0.29, 0.717) is 18.0 Å². The number of amides is 1. The highest BCUT2D eigenvalue weighted by Crippen LogP contribution is 2.21. The molecule has 0 fully saturated rings. The molecule has 0 saturated carbocycles. The maximum absolute atomic E-state index is 12.4. The van der Waals surface area contributed by atoms with Crippen LogP contribution in [-0.4, -0.2) is 28.9 Å². The molecule has 0 atom stereocenters. The van der Waals surface area contributed by atoms with Gasteiger partial charge >= 0.3 is 0 Å². The number of aromatic nitrogens is 2. The van der Waals surface area contributed by atoms with E-state index in [1.165, 1.54) is 0 Å². The number of hydrogen-bond acceptors (Lipinski definition) is 4. The van der Waals surface area contributed by atoms with Crippen LogP contribution >= 0.6 is 0 Å². The molecule has 0 saturated heterocycles. The van der Waals surface area contributed by atoms with Crippen LogP contribution in [-0.2, 0) is 0 Å². The van der Waals surface area contributed by atoms with Crippen molar-refractivity contribution in [3.05, 3.63) is 84.1 Å². The van der Waals surface area contributed by atoms with Crippen molar-refractivity contribution in [3.63, 3.8) is 0 Å². The first-order valence-electron chi connectivity index (χ1n) is 9.34. The van der Waals surface area contributed by atoms with E-state index in [0.717, 1.165) is 27.6 Å². The van der Waals surface area contributed by atoms with Crippen LogP contribution in [0.25, 0.3) is 22.0 Å². The lowest BCUT2D eigenvalue weighted by molar-refractivity contribution is 0.0950. The molecule has 0 aliphatic carbocycles. The zero-order valence-corrected chi connectivity index (χ0v) is 15.9. The average Bonchev–Trinajstić information content (AvgIpc) is 3.25. The number of carbonyl (C=O) groups is 1. The molecule has 0 bridgehead atoms. The number of hydrazone groups is 1. The lowest BCUT2D eigenvalue weighted by Crippen LogP contribution is -2.18. The summed E-state index contributed by atoms with van der Waals surface area (Å²) in [6.45, 7) is 2.56. The first-order valence-corrected chi connectivity index (χ1v) is 9.34. The summed E-state index contributed by atoms with van der Waals surface area (Å²) in [5.74, 6) is 0.443. The molecule has 29 heavy (non-hydrogen) atoms. The highest BCUT2D eigenvalue weighted by molar-refractivity contribution is 6.00. The molecule has 0 aliphatic heterocycles. The summed E-state index contributed by atoms with van der Waals surface area (Å²) >= 11 is 0. The van der Waals surface area contributed by atoms with E-state index >= 15 is 0 Å². The molecule has 144 valence electrons. The maximum atomic E-state index is 12.4. The molecular weight excluding hydrogens is 364 g/mol. The lowest BCUT2D eigenvalue weighted by atomic mass is 10.1. The third-order valence-corrected chi connectivity index (χ3v) is 4.48. The predicted molar refractivity (Wildman–Crippen MR) is 114 cm³/mol. The van der Waals surface area contributed by atoms with Crippen LogP contribution in [0.15, 0.2) is 77.9 Å². The van der Waals surface area contributed by atoms with Crippen molar-refractivity contribution in [1.29, 1.82) is 0 Å². The summed E-state index contributed by atoms with van der Waals surface area (Å²) in [6.07, 6.45) is 1.64. The molecular formula is C23H20N4O2. The van der Waals surface area contributed by atoms with Crippen molar-refractivity contribution < 1.29 is 9.53 Å². The third-order valence-electron chi connectivity index (χ3n) is 4.48. The molecule has 3 aromatic carbocycles. The van der Waals surface area contributed by atoms with E-state index in [9.17, 15) is 4.79 Å². The standard InChI is InChI=1S/C23H20N4O2/c1-2-29-19-12-10-17(11-13-19)21-14-22(26-25-21)23(28)27-24-15-18-8-5-7-16-6-3-4-9-20(16)18/h3-15H,2H2,1H3,(H,25,26)(H,27,28)/b24-15-. The molecule has 1 amide bonds. The zero-order chi connectivity index (χ0) is 20.1. The van der Waals surface area contributed by atoms with Crippen molar-refractivity contribution in [3.8, 4) is 17.0 Å². The van der Waals surface area contributed by atoms with Crippen LogP contribution in [0, 0.1) is 0 Å². The number of hydrogen-bond donors (Lipinski definition) is 2. The Bertz CT molecular complexity index is 1160. The third kappa shape index (κ3) is 4.16. The minimum absolute atomic E-state index is 0.337. The smallest absolute Gasteiger partial charge is 0.289 e. The molecule has 1 aromatic heterocycles. The zero-order valence-electron chi connectivity index (χ0n) is 15.9. The molecule has 0 aliphatic rings. The SMILES string of the molecule is CCOc1ccc(-c2cc(C(=O)N/N=C\c3cccc4ccccc34)[nH]n2)cc1. The topological polar surface area (TPSA) is 79.4 Å². The number of fused-ring (bicyclic) bond motifs is 1. The van der Waals surface area contributed by atoms with Gasteiger partial charge in [-0.1, -0.05) is 42.5 Å². The van der Waals surface area contributed by atoms with E-state index < -0.39 is 0 Å². The Morgan fingerprint density at radius 3 is 2.72 bits per heavy atom. The molecule has 0 unspecified atom stereocenters. The largest absolute Gasteiger partial charge is 0.494 e. The number of ether oxygens (including phenoxy) is 1. The van der Waals surface area contributed by atoms with Crippen LogP contribution in [0.1, 0.15) is 23.0 Å². The van der Waals surface area contributed by atoms with Crippen molar-refractivity contribution in [2.24, 2.45) is 5.10 Å². The van der Waals surface area contributed by atoms with E-state index in [2.05, 4.69) is 20.7 Å². The van der Waals surface area contributed by atoms with Crippen LogP contribution in [0.4, 0.5) is 0 Å². The summed E-state index contributed by atoms with van der Waals surface area (Å²) in [6, 6.07) is 23.2. The molecule has 6 heteroatoms. The number of nitrogens with zero attached hydrogens (tertiary/aromatic N) is 2. The summed E-state index contributed by atoms with van der Waals surface area (Å²) in [7, 11) is 0. The van der Waals surface area contributed by atoms with E-state index in [1.807, 2.05) is 73.7 Å². The molecule has 6 nitrogen and oxygen atoms in total. The van der Waals surface area contributed by atoms with Gasteiger partial charge in [0.05, 0.1) is 18.5 Å². The van der Waals surface area contributed by atoms with Gasteiger partial charge in [-0.25, -0.2) is 5.43 Å². The highest BCUT2D eigenvalue weighted by atomic mass is 16.5. The van der Waals surface area contributed by atoms with Crippen molar-refractivity contribution >= 4 is 22.9 Å². The van der Waals surface area contributed by atoms with Crippen molar-refractivity contribution in [2.75, 3.05) is 6.61 Å². The summed E-state index contributed by atoms with van der Waals surface area (Å²) in [5, 5.41) is 13.3. The van der Waals surface area contributed by atoms with Gasteiger partial charge in [0.15, 0.2) is 0 Å². The highest BCUT2D eigenvalue weighted by Gasteiger charge is 2.10. The average molecular weight is 384 g/mol. The van der Waals surface area contributed by atoms with Gasteiger partial charge in [-0.3, -0.25) is 9.89 Å². The van der Waals surface area contributed by atoms with Gasteiger partial charge in [-0.15, -0.1) is 0 Å². The summed E-state index contributed by atoms with van der Waals surface area (Å²) in [4.78, 5) is 12.4. The number of aromatic amines is 1. The number of H-pyrrole nitrogens is 1. The van der Waals surface area contributed by atoms with Gasteiger partial charge in [0.1, 0.15) is 11.4 Å². The maximum Gasteiger partial charge on any atom is 0.289 e. The number of nitrogens with one attached hydrogen (secondary N) is 2. The van der Waals surface area contributed by atoms with Gasteiger partial charge in [0.2, 0.25) is 0 Å². The Kier molecular flexibility index (Phi) is 5.33. The van der Waals surface area contributed by atoms with Crippen LogP contribution in [0.3, 0.4) is 0 Å². The van der Waals surface area contributed by atoms with E-state index in [-0.39, 0.29) is 5.91 Å². The number of rotatable bonds is 6. The minimum atomic E-state index is -0.355. The van der Waals surface area contributed by atoms with Gasteiger partial charge in [-0.05, 0) is 48.0 Å². The molecule has 0 radical (unpaired) electrons. The second-order valence-corrected chi connectivity index (χ2v) is 6.39. The van der Waals surface area contributed by atoms with E-state index in [4.69, 9.17) is 4.74 Å². The number of benzene rings is 3. The Morgan fingerprint density at radius 1 is 1.10 bits per heavy atom. The summed E-state index contributed by atoms with van der Waals surface area (Å²) in [5.41, 5.74) is 5.38. The molecule has 0 spiro atoms. The predicted octanol–water partition coefficient (Wildman–Crippen LogP) is 4.39. The molecule has 4 rings (SSSR count). The summed E-state index contributed by atoms with van der Waals surface area (Å²) < 4.78 is 5.44. The fraction of sp³-hybridized carbons (Fsp3) is 0.0870. The molecule has 2 N–H and O–H groups in total. The number of carbonyl (C=O) groups excluding carboxylic acids is 1. The van der Waals surface area contributed by atoms with Crippen LogP contribution in [0.2, 0.25) is 0 Å². The van der Waals surface area contributed by atoms with Gasteiger partial charge in [0, 0.05) is 11.1 Å². The second kappa shape index (κ2) is 8.39. The lowest BCUT2D eigenvalue weighted by Gasteiger charge is -2.02. The van der Waals surface area contributed by atoms with Gasteiger partial charge in [-0.2, -0.15) is 10.2 Å². The van der Waals surface area contributed by atoms with Gasteiger partial charge < -0.3 is 4.74 Å². The van der Waals surface area contributed by atoms with E-state index in [1.54, 1.807) is 12.3 Å². The van der Waals surface area contributed by atoms with Crippen molar-refractivity contribution in [2.45, 2.75) is 6.92 Å². The molecule has 1 heterocycles. The Balaban J connectivity index is 1.44. The first-order chi connectivity index (χ1) is 14.2. The van der Waals surface area contributed by atoms with Crippen LogP contribution in [0.5, 0.6) is 5.75 Å². The quantitative estimate of drug-likeness (QED) is 0.382. The fourth-order valence-corrected chi connectivity index (χ4v) is 3.06. The Morgan fingerprint density at radius 2 is 1.90 bits per heavy atom.